The van der Waals surface area contributed by atoms with Crippen molar-refractivity contribution in [3.8, 4) is 0 Å². The first-order valence-corrected chi connectivity index (χ1v) is 21.8. The predicted molar refractivity (Wildman–Crippen MR) is 214 cm³/mol. The Kier molecular flexibility index (Phi) is 11.2. The van der Waals surface area contributed by atoms with Crippen molar-refractivity contribution in [2.75, 3.05) is 33.2 Å². The molecular formula is C46H74N2O7. The zero-order chi connectivity index (χ0) is 40.7. The van der Waals surface area contributed by atoms with Gasteiger partial charge in [-0.05, 0) is 129 Å². The number of rotatable bonds is 13. The number of allylic oxidation sites excluding steroid dienone is 1. The predicted octanol–water partition coefficient (Wildman–Crippen LogP) is 7.93. The van der Waals surface area contributed by atoms with E-state index in [2.05, 4.69) is 53.4 Å². The van der Waals surface area contributed by atoms with Crippen molar-refractivity contribution in [3.63, 3.8) is 0 Å². The Morgan fingerprint density at radius 2 is 1.56 bits per heavy atom. The van der Waals surface area contributed by atoms with Crippen LogP contribution in [0.15, 0.2) is 11.1 Å². The van der Waals surface area contributed by atoms with Gasteiger partial charge in [-0.1, -0.05) is 54.0 Å². The highest BCUT2D eigenvalue weighted by Gasteiger charge is 2.71. The van der Waals surface area contributed by atoms with E-state index in [9.17, 15) is 29.4 Å². The molecule has 6 aliphatic carbocycles. The standard InChI is InChI=1S/C46H74N2O7/c1-28(2)38-32(50)24-46(35(51)27-48(26-30-12-13-30)23-22-47(11)29(3)49)21-20-44(9)31(39(38)46)14-15-34-43(8)18-17-36(55-37(52)25-41(4,5)40(53)54)42(6,7)33(43)16-19-45(34,44)10/h28,30-31,33-36,51H,12-27H2,1-11H3,(H,53,54). The third-order valence-electron chi connectivity index (χ3n) is 17.4. The van der Waals surface area contributed by atoms with Crippen LogP contribution < -0.4 is 0 Å². The van der Waals surface area contributed by atoms with Crippen LogP contribution in [-0.2, 0) is 23.9 Å². The molecule has 9 atom stereocenters. The van der Waals surface area contributed by atoms with E-state index in [-0.39, 0.29) is 57.7 Å². The number of likely N-dealkylation sites (N-methyl/N-ethyl adjacent to an activating group) is 1. The molecule has 6 rings (SSSR count). The summed E-state index contributed by atoms with van der Waals surface area (Å²) in [6, 6.07) is 0. The average molecular weight is 767 g/mol. The molecule has 9 unspecified atom stereocenters. The number of carboxylic acids is 1. The number of ketones is 1. The van der Waals surface area contributed by atoms with E-state index < -0.39 is 28.9 Å². The first-order chi connectivity index (χ1) is 25.4. The van der Waals surface area contributed by atoms with Gasteiger partial charge in [-0.2, -0.15) is 0 Å². The van der Waals surface area contributed by atoms with Gasteiger partial charge >= 0.3 is 11.9 Å². The average Bonchev–Trinajstić information content (AvgIpc) is 3.83. The molecule has 9 nitrogen and oxygen atoms in total. The second-order valence-electron chi connectivity index (χ2n) is 21.7. The maximum Gasteiger partial charge on any atom is 0.309 e. The summed E-state index contributed by atoms with van der Waals surface area (Å²) in [5.41, 5.74) is 0.400. The molecule has 0 bridgehead atoms. The van der Waals surface area contributed by atoms with E-state index in [0.717, 1.165) is 70.0 Å². The normalized spacial score (nSPS) is 37.5. The largest absolute Gasteiger partial charge is 0.481 e. The Balaban J connectivity index is 1.27. The van der Waals surface area contributed by atoms with Gasteiger partial charge in [0.25, 0.3) is 0 Å². The van der Waals surface area contributed by atoms with Gasteiger partial charge in [0.05, 0.1) is 17.9 Å². The Morgan fingerprint density at radius 3 is 2.16 bits per heavy atom. The lowest BCUT2D eigenvalue weighted by Crippen LogP contribution is -2.66. The second kappa shape index (κ2) is 14.5. The molecular weight excluding hydrogens is 693 g/mol. The topological polar surface area (TPSA) is 124 Å². The van der Waals surface area contributed by atoms with E-state index >= 15 is 0 Å². The van der Waals surface area contributed by atoms with Crippen LogP contribution in [-0.4, -0.2) is 89.1 Å². The fourth-order valence-corrected chi connectivity index (χ4v) is 13.7. The summed E-state index contributed by atoms with van der Waals surface area (Å²) in [4.78, 5) is 55.3. The van der Waals surface area contributed by atoms with E-state index in [1.807, 2.05) is 7.05 Å². The molecule has 0 aliphatic heterocycles. The quantitative estimate of drug-likeness (QED) is 0.181. The van der Waals surface area contributed by atoms with Crippen LogP contribution in [0.4, 0.5) is 0 Å². The number of hydrogen-bond donors (Lipinski definition) is 2. The molecule has 0 spiro atoms. The van der Waals surface area contributed by atoms with Crippen molar-refractivity contribution >= 4 is 23.6 Å². The number of hydrogen-bond acceptors (Lipinski definition) is 7. The van der Waals surface area contributed by atoms with Gasteiger partial charge in [0, 0.05) is 57.4 Å². The summed E-state index contributed by atoms with van der Waals surface area (Å²) in [5.74, 6) is 0.706. The monoisotopic (exact) mass is 767 g/mol. The SMILES string of the molecule is CC(=O)N(C)CCN(CC1CC1)CC(O)C12CCC3(C)C(CCC4C5(C)CCC(OC(=O)CC(C)(C)C(=O)O)C(C)(C)C5CCC43C)C1=C(C(C)C)C(=O)C2. The van der Waals surface area contributed by atoms with Gasteiger partial charge < -0.3 is 19.8 Å². The smallest absolute Gasteiger partial charge is 0.309 e. The molecule has 0 saturated heterocycles. The van der Waals surface area contributed by atoms with Gasteiger partial charge in [0.2, 0.25) is 5.91 Å². The number of fused-ring (bicyclic) bond motifs is 7. The van der Waals surface area contributed by atoms with Crippen molar-refractivity contribution < 1.29 is 34.1 Å². The Labute approximate surface area is 331 Å². The number of carboxylic acid groups (broad SMARTS) is 1. The van der Waals surface area contributed by atoms with Crippen LogP contribution in [0.2, 0.25) is 0 Å². The molecule has 5 fully saturated rings. The fraction of sp³-hybridized carbons (Fsp3) is 0.870. The number of carbonyl (C=O) groups excluding carboxylic acids is 3. The Hall–Kier alpha value is -2.26. The van der Waals surface area contributed by atoms with Crippen LogP contribution in [0, 0.1) is 62.1 Å². The van der Waals surface area contributed by atoms with Crippen LogP contribution in [0.3, 0.4) is 0 Å². The highest BCUT2D eigenvalue weighted by molar-refractivity contribution is 6.00. The van der Waals surface area contributed by atoms with Crippen molar-refractivity contribution in [2.45, 2.75) is 158 Å². The van der Waals surface area contributed by atoms with Crippen LogP contribution in [0.1, 0.15) is 146 Å². The van der Waals surface area contributed by atoms with Gasteiger partial charge in [-0.15, -0.1) is 0 Å². The molecule has 0 heterocycles. The maximum atomic E-state index is 14.2. The minimum Gasteiger partial charge on any atom is -0.481 e. The van der Waals surface area contributed by atoms with E-state index in [1.165, 1.54) is 18.4 Å². The molecule has 9 heteroatoms. The molecule has 2 N–H and O–H groups in total. The molecule has 310 valence electrons. The number of carbonyl (C=O) groups is 4. The lowest BCUT2D eigenvalue weighted by atomic mass is 9.33. The third-order valence-corrected chi connectivity index (χ3v) is 17.4. The summed E-state index contributed by atoms with van der Waals surface area (Å²) in [6.07, 6.45) is 9.59. The minimum atomic E-state index is -1.17. The number of aliphatic carboxylic acids is 1. The highest BCUT2D eigenvalue weighted by atomic mass is 16.5. The molecule has 0 aromatic rings. The first kappa shape index (κ1) is 42.3. The number of aliphatic hydroxyl groups is 1. The molecule has 6 aliphatic rings. The van der Waals surface area contributed by atoms with Crippen molar-refractivity contribution in [3.05, 3.63) is 11.1 Å². The zero-order valence-corrected chi connectivity index (χ0v) is 36.2. The third kappa shape index (κ3) is 7.05. The van der Waals surface area contributed by atoms with Gasteiger partial charge in [0.15, 0.2) is 5.78 Å². The van der Waals surface area contributed by atoms with E-state index in [0.29, 0.717) is 37.3 Å². The van der Waals surface area contributed by atoms with Crippen molar-refractivity contribution in [1.29, 1.82) is 0 Å². The van der Waals surface area contributed by atoms with Gasteiger partial charge in [-0.3, -0.25) is 24.1 Å². The summed E-state index contributed by atoms with van der Waals surface area (Å²) >= 11 is 0. The molecule has 0 radical (unpaired) electrons. The van der Waals surface area contributed by atoms with Gasteiger partial charge in [0.1, 0.15) is 6.10 Å². The number of Topliss-reactive ketones (excluding diaryl/α,β-unsaturated/α-hetero) is 1. The van der Waals surface area contributed by atoms with Gasteiger partial charge in [-0.25, -0.2) is 0 Å². The number of ether oxygens (including phenoxy) is 1. The number of esters is 1. The Morgan fingerprint density at radius 1 is 0.891 bits per heavy atom. The lowest BCUT2D eigenvalue weighted by Gasteiger charge is -2.72. The fourth-order valence-electron chi connectivity index (χ4n) is 13.7. The highest BCUT2D eigenvalue weighted by Crippen LogP contribution is 2.77. The van der Waals surface area contributed by atoms with E-state index in [1.54, 1.807) is 25.7 Å². The molecule has 0 aromatic carbocycles. The molecule has 5 saturated carbocycles. The second-order valence-corrected chi connectivity index (χ2v) is 21.7. The molecule has 55 heavy (non-hydrogen) atoms. The maximum absolute atomic E-state index is 14.2. The summed E-state index contributed by atoms with van der Waals surface area (Å²) in [5, 5.41) is 22.2. The summed E-state index contributed by atoms with van der Waals surface area (Å²) in [7, 11) is 1.85. The molecule has 0 aromatic heterocycles. The first-order valence-electron chi connectivity index (χ1n) is 21.8. The van der Waals surface area contributed by atoms with Crippen LogP contribution in [0.5, 0.6) is 0 Å². The van der Waals surface area contributed by atoms with Crippen molar-refractivity contribution in [2.24, 2.45) is 62.1 Å². The van der Waals surface area contributed by atoms with E-state index in [4.69, 9.17) is 4.74 Å². The lowest BCUT2D eigenvalue weighted by molar-refractivity contribution is -0.235. The number of amides is 1. The summed E-state index contributed by atoms with van der Waals surface area (Å²) < 4.78 is 6.18. The summed E-state index contributed by atoms with van der Waals surface area (Å²) in [6.45, 7) is 24.1. The molecule has 1 amide bonds. The minimum absolute atomic E-state index is 0.0268. The number of nitrogens with zero attached hydrogens (tertiary/aromatic N) is 2. The van der Waals surface area contributed by atoms with Crippen molar-refractivity contribution in [1.82, 2.24) is 9.80 Å². The zero-order valence-electron chi connectivity index (χ0n) is 36.2. The Bertz CT molecular complexity index is 1580. The van der Waals surface area contributed by atoms with Crippen LogP contribution >= 0.6 is 0 Å². The van der Waals surface area contributed by atoms with Crippen LogP contribution in [0.25, 0.3) is 0 Å². The number of aliphatic hydroxyl groups excluding tert-OH is 1.